The zero-order valence-electron chi connectivity index (χ0n) is 16.8. The van der Waals surface area contributed by atoms with E-state index >= 15 is 0 Å². The van der Waals surface area contributed by atoms with Crippen LogP contribution in [0.2, 0.25) is 0 Å². The predicted molar refractivity (Wildman–Crippen MR) is 123 cm³/mol. The molecule has 0 aliphatic heterocycles. The van der Waals surface area contributed by atoms with Crippen LogP contribution in [0, 0.1) is 20.8 Å². The Bertz CT molecular complexity index is 768. The van der Waals surface area contributed by atoms with E-state index in [4.69, 9.17) is 4.99 Å². The lowest BCUT2D eigenvalue weighted by Crippen LogP contribution is -2.39. The summed E-state index contributed by atoms with van der Waals surface area (Å²) in [5.41, 5.74) is 5.14. The van der Waals surface area contributed by atoms with Gasteiger partial charge < -0.3 is 10.6 Å². The van der Waals surface area contributed by atoms with E-state index in [1.54, 1.807) is 0 Å². The summed E-state index contributed by atoms with van der Waals surface area (Å²) in [5, 5.41) is 11.5. The van der Waals surface area contributed by atoms with Crippen LogP contribution >= 0.6 is 24.0 Å². The fraction of sp³-hybridized carbons (Fsp3) is 0.524. The topological polar surface area (TPSA) is 54.2 Å². The summed E-state index contributed by atoms with van der Waals surface area (Å²) in [4.78, 5) is 4.75. The van der Waals surface area contributed by atoms with E-state index in [0.29, 0.717) is 12.0 Å². The summed E-state index contributed by atoms with van der Waals surface area (Å²) >= 11 is 0. The molecule has 2 N–H and O–H groups in total. The standard InChI is InChI=1S/C21H31N5.HI/c1-5-22-21(23-11-8-12-26-17(4)13-16(3)25-26)24-20-14-19(20)18-10-7-6-9-15(18)2;/h6-7,9-10,13,19-20H,5,8,11-12,14H2,1-4H3,(H2,22,23,24);1H. The smallest absolute Gasteiger partial charge is 0.191 e. The number of hydrogen-bond donors (Lipinski definition) is 2. The highest BCUT2D eigenvalue weighted by molar-refractivity contribution is 14.0. The third-order valence-corrected chi connectivity index (χ3v) is 4.95. The second kappa shape index (κ2) is 10.1. The van der Waals surface area contributed by atoms with E-state index < -0.39 is 0 Å². The van der Waals surface area contributed by atoms with Crippen molar-refractivity contribution in [3.8, 4) is 0 Å². The minimum absolute atomic E-state index is 0. The Balaban J connectivity index is 0.00000261. The number of aromatic nitrogens is 2. The summed E-state index contributed by atoms with van der Waals surface area (Å²) in [5.74, 6) is 1.54. The Kier molecular flexibility index (Phi) is 8.13. The second-order valence-corrected chi connectivity index (χ2v) is 7.21. The van der Waals surface area contributed by atoms with Crippen LogP contribution in [0.3, 0.4) is 0 Å². The molecular formula is C21H32IN5. The zero-order valence-corrected chi connectivity index (χ0v) is 19.2. The number of aryl methyl sites for hydroxylation is 4. The van der Waals surface area contributed by atoms with Gasteiger partial charge in [-0.3, -0.25) is 9.67 Å². The molecule has 0 radical (unpaired) electrons. The van der Waals surface area contributed by atoms with Crippen LogP contribution in [-0.4, -0.2) is 34.9 Å². The molecule has 1 aliphatic carbocycles. The van der Waals surface area contributed by atoms with Crippen molar-refractivity contribution in [2.45, 2.75) is 59.0 Å². The molecule has 1 aromatic carbocycles. The number of nitrogens with zero attached hydrogens (tertiary/aromatic N) is 3. The molecule has 0 spiro atoms. The first-order valence-corrected chi connectivity index (χ1v) is 9.70. The molecule has 2 atom stereocenters. The molecule has 2 unspecified atom stereocenters. The second-order valence-electron chi connectivity index (χ2n) is 7.21. The van der Waals surface area contributed by atoms with Crippen molar-refractivity contribution in [1.82, 2.24) is 20.4 Å². The Morgan fingerprint density at radius 2 is 2.04 bits per heavy atom. The largest absolute Gasteiger partial charge is 0.357 e. The minimum atomic E-state index is 0. The van der Waals surface area contributed by atoms with Gasteiger partial charge in [0.15, 0.2) is 5.96 Å². The van der Waals surface area contributed by atoms with Gasteiger partial charge in [0.2, 0.25) is 0 Å². The van der Waals surface area contributed by atoms with Crippen LogP contribution < -0.4 is 10.6 Å². The van der Waals surface area contributed by atoms with Crippen molar-refractivity contribution in [2.24, 2.45) is 4.99 Å². The number of halogens is 1. The molecule has 148 valence electrons. The Morgan fingerprint density at radius 1 is 1.26 bits per heavy atom. The molecule has 1 aliphatic rings. The first-order valence-electron chi connectivity index (χ1n) is 9.70. The molecule has 1 fully saturated rings. The van der Waals surface area contributed by atoms with Gasteiger partial charge in [-0.2, -0.15) is 5.10 Å². The summed E-state index contributed by atoms with van der Waals surface area (Å²) in [7, 11) is 0. The van der Waals surface area contributed by atoms with Gasteiger partial charge in [0, 0.05) is 37.3 Å². The summed E-state index contributed by atoms with van der Waals surface area (Å²) in [6.45, 7) is 11.0. The maximum absolute atomic E-state index is 4.75. The fourth-order valence-corrected chi connectivity index (χ4v) is 3.51. The van der Waals surface area contributed by atoms with E-state index in [1.165, 1.54) is 23.2 Å². The van der Waals surface area contributed by atoms with Crippen LogP contribution in [0.1, 0.15) is 48.2 Å². The van der Waals surface area contributed by atoms with Gasteiger partial charge in [0.05, 0.1) is 5.69 Å². The molecule has 1 saturated carbocycles. The monoisotopic (exact) mass is 481 g/mol. The third kappa shape index (κ3) is 5.96. The number of benzene rings is 1. The normalized spacial score (nSPS) is 18.7. The molecule has 0 bridgehead atoms. The van der Waals surface area contributed by atoms with E-state index in [0.717, 1.165) is 37.7 Å². The van der Waals surface area contributed by atoms with Crippen molar-refractivity contribution in [1.29, 1.82) is 0 Å². The summed E-state index contributed by atoms with van der Waals surface area (Å²) < 4.78 is 2.07. The van der Waals surface area contributed by atoms with Crippen LogP contribution in [0.5, 0.6) is 0 Å². The van der Waals surface area contributed by atoms with Gasteiger partial charge in [0.1, 0.15) is 0 Å². The summed E-state index contributed by atoms with van der Waals surface area (Å²) in [6, 6.07) is 11.3. The highest BCUT2D eigenvalue weighted by atomic mass is 127. The van der Waals surface area contributed by atoms with Crippen molar-refractivity contribution in [2.75, 3.05) is 13.1 Å². The summed E-state index contributed by atoms with van der Waals surface area (Å²) in [6.07, 6.45) is 2.17. The number of hydrogen-bond acceptors (Lipinski definition) is 2. The minimum Gasteiger partial charge on any atom is -0.357 e. The first-order chi connectivity index (χ1) is 12.6. The molecule has 27 heavy (non-hydrogen) atoms. The Hall–Kier alpha value is -1.57. The number of nitrogens with one attached hydrogen (secondary N) is 2. The van der Waals surface area contributed by atoms with Gasteiger partial charge in [-0.05, 0) is 57.7 Å². The maximum atomic E-state index is 4.75. The molecule has 0 amide bonds. The average molecular weight is 481 g/mol. The van der Waals surface area contributed by atoms with E-state index in [-0.39, 0.29) is 24.0 Å². The lowest BCUT2D eigenvalue weighted by molar-refractivity contribution is 0.567. The Labute approximate surface area is 180 Å². The highest BCUT2D eigenvalue weighted by Gasteiger charge is 2.39. The molecular weight excluding hydrogens is 449 g/mol. The molecule has 6 heteroatoms. The van der Waals surface area contributed by atoms with Gasteiger partial charge in [-0.25, -0.2) is 0 Å². The van der Waals surface area contributed by atoms with Crippen molar-refractivity contribution in [3.63, 3.8) is 0 Å². The number of rotatable bonds is 7. The van der Waals surface area contributed by atoms with Crippen molar-refractivity contribution >= 4 is 29.9 Å². The molecule has 1 heterocycles. The first kappa shape index (κ1) is 21.7. The lowest BCUT2D eigenvalue weighted by Gasteiger charge is -2.12. The molecule has 1 aromatic heterocycles. The van der Waals surface area contributed by atoms with Crippen molar-refractivity contribution < 1.29 is 0 Å². The maximum Gasteiger partial charge on any atom is 0.191 e. The molecule has 2 aromatic rings. The van der Waals surface area contributed by atoms with Crippen LogP contribution in [0.25, 0.3) is 0 Å². The average Bonchev–Trinajstić information content (AvgIpc) is 3.28. The molecule has 3 rings (SSSR count). The number of aliphatic imine (C=N–C) groups is 1. The van der Waals surface area contributed by atoms with E-state index in [1.807, 2.05) is 6.92 Å². The van der Waals surface area contributed by atoms with Crippen LogP contribution in [-0.2, 0) is 6.54 Å². The Morgan fingerprint density at radius 3 is 2.70 bits per heavy atom. The van der Waals surface area contributed by atoms with Gasteiger partial charge in [-0.15, -0.1) is 24.0 Å². The lowest BCUT2D eigenvalue weighted by atomic mass is 10.0. The van der Waals surface area contributed by atoms with Gasteiger partial charge >= 0.3 is 0 Å². The molecule has 0 saturated heterocycles. The fourth-order valence-electron chi connectivity index (χ4n) is 3.51. The van der Waals surface area contributed by atoms with Gasteiger partial charge in [0.25, 0.3) is 0 Å². The van der Waals surface area contributed by atoms with E-state index in [9.17, 15) is 0 Å². The molecule has 5 nitrogen and oxygen atoms in total. The SMILES string of the molecule is CCNC(=NCCCn1nc(C)cc1C)NC1CC1c1ccccc1C.I. The zero-order chi connectivity index (χ0) is 18.5. The number of guanidine groups is 1. The van der Waals surface area contributed by atoms with Crippen LogP contribution in [0.15, 0.2) is 35.3 Å². The third-order valence-electron chi connectivity index (χ3n) is 4.95. The predicted octanol–water partition coefficient (Wildman–Crippen LogP) is 3.93. The van der Waals surface area contributed by atoms with Gasteiger partial charge in [-0.1, -0.05) is 24.3 Å². The van der Waals surface area contributed by atoms with Crippen molar-refractivity contribution in [3.05, 3.63) is 52.8 Å². The van der Waals surface area contributed by atoms with Crippen LogP contribution in [0.4, 0.5) is 0 Å². The quantitative estimate of drug-likeness (QED) is 0.273. The highest BCUT2D eigenvalue weighted by Crippen LogP contribution is 2.41. The van der Waals surface area contributed by atoms with E-state index in [2.05, 4.69) is 71.5 Å².